The first kappa shape index (κ1) is 13.4. The van der Waals surface area contributed by atoms with Crippen LogP contribution in [0.5, 0.6) is 0 Å². The monoisotopic (exact) mass is 289 g/mol. The van der Waals surface area contributed by atoms with Gasteiger partial charge in [0.2, 0.25) is 10.0 Å². The number of alkyl halides is 1. The number of hydrogen-bond acceptors (Lipinski definition) is 4. The van der Waals surface area contributed by atoms with E-state index >= 15 is 0 Å². The third kappa shape index (κ3) is 3.26. The number of anilines is 2. The lowest BCUT2D eigenvalue weighted by atomic mass is 10.4. The summed E-state index contributed by atoms with van der Waals surface area (Å²) < 4.78 is 26.0. The molecule has 2 heterocycles. The van der Waals surface area contributed by atoms with Crippen LogP contribution in [0.4, 0.5) is 11.5 Å². The predicted molar refractivity (Wildman–Crippen MR) is 73.8 cm³/mol. The maximum absolute atomic E-state index is 11.7. The molecule has 0 radical (unpaired) electrons. The summed E-state index contributed by atoms with van der Waals surface area (Å²) in [6, 6.07) is 3.45. The maximum atomic E-state index is 11.7. The van der Waals surface area contributed by atoms with Crippen LogP contribution in [-0.4, -0.2) is 38.1 Å². The Labute approximate surface area is 112 Å². The summed E-state index contributed by atoms with van der Waals surface area (Å²) in [7, 11) is -3.39. The van der Waals surface area contributed by atoms with Gasteiger partial charge in [-0.1, -0.05) is 0 Å². The fourth-order valence-electron chi connectivity index (χ4n) is 1.98. The maximum Gasteiger partial charge on any atom is 0.234 e. The molecule has 1 aromatic rings. The molecular weight excluding hydrogens is 274 g/mol. The zero-order valence-corrected chi connectivity index (χ0v) is 11.5. The van der Waals surface area contributed by atoms with Crippen LogP contribution >= 0.6 is 11.6 Å². The molecule has 5 nitrogen and oxygen atoms in total. The number of hydrogen-bond donors (Lipinski definition) is 1. The smallest absolute Gasteiger partial charge is 0.234 e. The molecule has 1 aliphatic rings. The van der Waals surface area contributed by atoms with Crippen LogP contribution < -0.4 is 9.62 Å². The molecule has 1 fully saturated rings. The van der Waals surface area contributed by atoms with Crippen LogP contribution in [0.3, 0.4) is 0 Å². The van der Waals surface area contributed by atoms with Crippen molar-refractivity contribution >= 4 is 33.1 Å². The van der Waals surface area contributed by atoms with Gasteiger partial charge in [0.05, 0.1) is 11.4 Å². The van der Waals surface area contributed by atoms with Crippen LogP contribution in [0.1, 0.15) is 12.8 Å². The van der Waals surface area contributed by atoms with Gasteiger partial charge in [-0.05, 0) is 25.0 Å². The molecule has 0 atom stereocenters. The molecule has 0 amide bonds. The number of aromatic nitrogens is 1. The minimum Gasteiger partial charge on any atom is -0.355 e. The second-order valence-electron chi connectivity index (χ2n) is 4.18. The molecule has 1 saturated heterocycles. The molecule has 100 valence electrons. The van der Waals surface area contributed by atoms with Gasteiger partial charge in [0, 0.05) is 25.2 Å². The van der Waals surface area contributed by atoms with Crippen molar-refractivity contribution in [3.05, 3.63) is 18.3 Å². The number of rotatable bonds is 5. The molecule has 0 bridgehead atoms. The van der Waals surface area contributed by atoms with E-state index in [-0.39, 0.29) is 11.6 Å². The van der Waals surface area contributed by atoms with Crippen LogP contribution in [0.25, 0.3) is 0 Å². The van der Waals surface area contributed by atoms with E-state index in [0.29, 0.717) is 11.5 Å². The normalized spacial score (nSPS) is 15.9. The summed E-state index contributed by atoms with van der Waals surface area (Å²) >= 11 is 5.47. The summed E-state index contributed by atoms with van der Waals surface area (Å²) in [5.41, 5.74) is 0.532. The average molecular weight is 290 g/mol. The third-order valence-electron chi connectivity index (χ3n) is 2.80. The number of nitrogens with one attached hydrogen (secondary N) is 1. The van der Waals surface area contributed by atoms with Crippen molar-refractivity contribution < 1.29 is 8.42 Å². The molecule has 7 heteroatoms. The highest BCUT2D eigenvalue weighted by atomic mass is 35.5. The Hall–Kier alpha value is -1.01. The molecule has 1 aromatic heterocycles. The van der Waals surface area contributed by atoms with Gasteiger partial charge >= 0.3 is 0 Å². The molecule has 0 aliphatic carbocycles. The molecule has 0 spiro atoms. The van der Waals surface area contributed by atoms with Gasteiger partial charge in [0.25, 0.3) is 0 Å². The molecule has 1 N–H and O–H groups in total. The van der Waals surface area contributed by atoms with Crippen LogP contribution in [-0.2, 0) is 10.0 Å². The second kappa shape index (κ2) is 5.75. The second-order valence-corrected chi connectivity index (χ2v) is 6.40. The minimum atomic E-state index is -3.39. The van der Waals surface area contributed by atoms with E-state index in [4.69, 9.17) is 11.6 Å². The van der Waals surface area contributed by atoms with E-state index in [2.05, 4.69) is 14.6 Å². The number of sulfonamides is 1. The highest BCUT2D eigenvalue weighted by Gasteiger charge is 2.19. The third-order valence-corrected chi connectivity index (χ3v) is 4.49. The molecular formula is C11H16ClN3O2S. The topological polar surface area (TPSA) is 62.3 Å². The van der Waals surface area contributed by atoms with Crippen LogP contribution in [0.15, 0.2) is 18.3 Å². The lowest BCUT2D eigenvalue weighted by Gasteiger charge is -2.20. The molecule has 2 rings (SSSR count). The summed E-state index contributed by atoms with van der Waals surface area (Å²) in [5.74, 6) is 0.686. The first-order chi connectivity index (χ1) is 8.62. The SMILES string of the molecule is O=S(=O)(CCCl)Nc1cccnc1N1CCCC1. The van der Waals surface area contributed by atoms with Crippen LogP contribution in [0, 0.1) is 0 Å². The first-order valence-corrected chi connectivity index (χ1v) is 8.07. The van der Waals surface area contributed by atoms with Gasteiger partial charge in [-0.15, -0.1) is 11.6 Å². The summed E-state index contributed by atoms with van der Waals surface area (Å²) in [6.07, 6.45) is 3.90. The Bertz CT molecular complexity index is 501. The Morgan fingerprint density at radius 1 is 1.39 bits per heavy atom. The standard InChI is InChI=1S/C11H16ClN3O2S/c12-5-9-18(16,17)14-10-4-3-6-13-11(10)15-7-1-2-8-15/h3-4,6,14H,1-2,5,7-9H2. The van der Waals surface area contributed by atoms with Gasteiger partial charge in [0.15, 0.2) is 5.82 Å². The highest BCUT2D eigenvalue weighted by Crippen LogP contribution is 2.26. The van der Waals surface area contributed by atoms with Gasteiger partial charge in [-0.3, -0.25) is 4.72 Å². The number of pyridine rings is 1. The van der Waals surface area contributed by atoms with Crippen molar-refractivity contribution in [1.29, 1.82) is 0 Å². The molecule has 0 aromatic carbocycles. The summed E-state index contributed by atoms with van der Waals surface area (Å²) in [6.45, 7) is 1.84. The van der Waals surface area contributed by atoms with Gasteiger partial charge < -0.3 is 4.90 Å². The van der Waals surface area contributed by atoms with E-state index in [0.717, 1.165) is 25.9 Å². The fourth-order valence-corrected chi connectivity index (χ4v) is 3.39. The van der Waals surface area contributed by atoms with E-state index in [1.165, 1.54) is 0 Å². The predicted octanol–water partition coefficient (Wildman–Crippen LogP) is 1.66. The van der Waals surface area contributed by atoms with Crippen molar-refractivity contribution in [1.82, 2.24) is 4.98 Å². The minimum absolute atomic E-state index is 0.0780. The zero-order valence-electron chi connectivity index (χ0n) is 9.97. The van der Waals surface area contributed by atoms with E-state index in [9.17, 15) is 8.42 Å². The summed E-state index contributed by atoms with van der Waals surface area (Å²) in [4.78, 5) is 6.37. The van der Waals surface area contributed by atoms with Gasteiger partial charge in [0.1, 0.15) is 0 Å². The van der Waals surface area contributed by atoms with E-state index in [1.807, 2.05) is 0 Å². The molecule has 18 heavy (non-hydrogen) atoms. The Kier molecular flexibility index (Phi) is 4.29. The van der Waals surface area contributed by atoms with Crippen molar-refractivity contribution in [3.8, 4) is 0 Å². The van der Waals surface area contributed by atoms with E-state index < -0.39 is 10.0 Å². The average Bonchev–Trinajstić information content (AvgIpc) is 2.82. The van der Waals surface area contributed by atoms with E-state index in [1.54, 1.807) is 18.3 Å². The van der Waals surface area contributed by atoms with Gasteiger partial charge in [-0.2, -0.15) is 0 Å². The lowest BCUT2D eigenvalue weighted by Crippen LogP contribution is -2.23. The van der Waals surface area contributed by atoms with Crippen molar-refractivity contribution in [3.63, 3.8) is 0 Å². The Morgan fingerprint density at radius 2 is 2.11 bits per heavy atom. The number of nitrogens with zero attached hydrogens (tertiary/aromatic N) is 2. The first-order valence-electron chi connectivity index (χ1n) is 5.89. The van der Waals surface area contributed by atoms with Crippen molar-refractivity contribution in [2.75, 3.05) is 34.3 Å². The molecule has 1 aliphatic heterocycles. The fraction of sp³-hybridized carbons (Fsp3) is 0.545. The lowest BCUT2D eigenvalue weighted by molar-refractivity contribution is 0.602. The zero-order chi connectivity index (χ0) is 13.0. The highest BCUT2D eigenvalue weighted by molar-refractivity contribution is 7.92. The molecule has 0 unspecified atom stereocenters. The van der Waals surface area contributed by atoms with Gasteiger partial charge in [-0.25, -0.2) is 13.4 Å². The molecule has 0 saturated carbocycles. The van der Waals surface area contributed by atoms with Crippen LogP contribution in [0.2, 0.25) is 0 Å². The van der Waals surface area contributed by atoms with Crippen molar-refractivity contribution in [2.24, 2.45) is 0 Å². The quantitative estimate of drug-likeness (QED) is 0.838. The Balaban J connectivity index is 2.22. The summed E-state index contributed by atoms with van der Waals surface area (Å²) in [5, 5.41) is 0. The number of halogens is 1. The Morgan fingerprint density at radius 3 is 2.78 bits per heavy atom. The van der Waals surface area contributed by atoms with Crippen molar-refractivity contribution in [2.45, 2.75) is 12.8 Å². The largest absolute Gasteiger partial charge is 0.355 e.